The van der Waals surface area contributed by atoms with Gasteiger partial charge in [-0.15, -0.1) is 0 Å². The van der Waals surface area contributed by atoms with Gasteiger partial charge in [0.1, 0.15) is 15.8 Å². The molecule has 0 N–H and O–H groups in total. The number of carbonyl (C=O) groups excluding carboxylic acids is 1. The van der Waals surface area contributed by atoms with E-state index < -0.39 is 0 Å². The first-order valence-corrected chi connectivity index (χ1v) is 15.4. The fourth-order valence-electron chi connectivity index (χ4n) is 4.50. The van der Waals surface area contributed by atoms with E-state index >= 15 is 0 Å². The first-order valence-electron chi connectivity index (χ1n) is 13.8. The molecule has 1 aliphatic heterocycles. The summed E-state index contributed by atoms with van der Waals surface area (Å²) in [6, 6.07) is 15.7. The highest BCUT2D eigenvalue weighted by molar-refractivity contribution is 8.26. The van der Waals surface area contributed by atoms with Gasteiger partial charge >= 0.3 is 0 Å². The summed E-state index contributed by atoms with van der Waals surface area (Å²) < 4.78 is 8.30. The highest BCUT2D eigenvalue weighted by Crippen LogP contribution is 2.37. The molecule has 0 saturated carbocycles. The van der Waals surface area contributed by atoms with Gasteiger partial charge in [0.05, 0.1) is 22.2 Å². The van der Waals surface area contributed by atoms with E-state index in [4.69, 9.17) is 33.7 Å². The van der Waals surface area contributed by atoms with Crippen LogP contribution in [0.2, 0.25) is 5.02 Å². The first-order chi connectivity index (χ1) is 18.9. The first kappa shape index (κ1) is 29.4. The van der Waals surface area contributed by atoms with Gasteiger partial charge in [0.2, 0.25) is 0 Å². The summed E-state index contributed by atoms with van der Waals surface area (Å²) in [5, 5.41) is 5.44. The Balaban J connectivity index is 1.67. The number of aromatic nitrogens is 2. The molecule has 8 heteroatoms. The second-order valence-electron chi connectivity index (χ2n) is 9.77. The standard InChI is InChI=1S/C31H36ClN3O2S2/c1-4-7-12-22(6-3)20-34-30(36)28(39-31(34)38)19-24-21-35(25-13-10-9-11-14-25)33-29(24)23-15-16-27(26(32)18-23)37-17-8-5-2/h9-11,13-16,18-19,21-22H,4-8,12,17,20H2,1-3H3/b28-19-. The van der Waals surface area contributed by atoms with E-state index in [0.717, 1.165) is 61.0 Å². The van der Waals surface area contributed by atoms with Crippen LogP contribution in [0.3, 0.4) is 0 Å². The maximum absolute atomic E-state index is 13.5. The molecule has 1 unspecified atom stereocenters. The number of halogens is 1. The van der Waals surface area contributed by atoms with Crippen molar-refractivity contribution in [3.63, 3.8) is 0 Å². The number of amides is 1. The lowest BCUT2D eigenvalue weighted by Gasteiger charge is -2.21. The number of benzene rings is 2. The number of para-hydroxylation sites is 1. The molecule has 1 fully saturated rings. The van der Waals surface area contributed by atoms with Crippen LogP contribution < -0.4 is 4.74 Å². The summed E-state index contributed by atoms with van der Waals surface area (Å²) in [6.07, 6.45) is 10.3. The lowest BCUT2D eigenvalue weighted by Crippen LogP contribution is -2.33. The lowest BCUT2D eigenvalue weighted by atomic mass is 9.99. The van der Waals surface area contributed by atoms with E-state index in [2.05, 4.69) is 20.8 Å². The summed E-state index contributed by atoms with van der Waals surface area (Å²) in [5.74, 6) is 1.08. The molecule has 2 heterocycles. The van der Waals surface area contributed by atoms with Crippen LogP contribution in [0.25, 0.3) is 23.0 Å². The Bertz CT molecular complexity index is 1320. The summed E-state index contributed by atoms with van der Waals surface area (Å²) >= 11 is 13.6. The molecule has 206 valence electrons. The Morgan fingerprint density at radius 2 is 1.87 bits per heavy atom. The molecular weight excluding hydrogens is 546 g/mol. The second kappa shape index (κ2) is 14.1. The van der Waals surface area contributed by atoms with Gasteiger partial charge in [0.25, 0.3) is 5.91 Å². The predicted octanol–water partition coefficient (Wildman–Crippen LogP) is 8.79. The number of thioether (sulfide) groups is 1. The highest BCUT2D eigenvalue weighted by Gasteiger charge is 2.33. The minimum atomic E-state index is -0.0314. The van der Waals surface area contributed by atoms with Gasteiger partial charge < -0.3 is 4.74 Å². The topological polar surface area (TPSA) is 47.4 Å². The third kappa shape index (κ3) is 7.33. The number of rotatable bonds is 13. The third-order valence-corrected chi connectivity index (χ3v) is 8.54. The van der Waals surface area contributed by atoms with Crippen LogP contribution in [0, 0.1) is 5.92 Å². The fourth-order valence-corrected chi connectivity index (χ4v) is 6.00. The second-order valence-corrected chi connectivity index (χ2v) is 11.9. The molecule has 1 amide bonds. The molecule has 0 aliphatic carbocycles. The number of hydrogen-bond acceptors (Lipinski definition) is 5. The lowest BCUT2D eigenvalue weighted by molar-refractivity contribution is -0.122. The van der Waals surface area contributed by atoms with Gasteiger partial charge in [-0.2, -0.15) is 5.10 Å². The molecule has 39 heavy (non-hydrogen) atoms. The van der Waals surface area contributed by atoms with Crippen molar-refractivity contribution in [2.45, 2.75) is 59.3 Å². The smallest absolute Gasteiger partial charge is 0.266 e. The molecule has 1 aliphatic rings. The van der Waals surface area contributed by atoms with Gasteiger partial charge in [0, 0.05) is 23.9 Å². The van der Waals surface area contributed by atoms with E-state index in [-0.39, 0.29) is 5.91 Å². The van der Waals surface area contributed by atoms with E-state index in [9.17, 15) is 4.79 Å². The summed E-state index contributed by atoms with van der Waals surface area (Å²) in [7, 11) is 0. The van der Waals surface area contributed by atoms with Crippen LogP contribution in [0.5, 0.6) is 5.75 Å². The van der Waals surface area contributed by atoms with Crippen molar-refractivity contribution in [1.29, 1.82) is 0 Å². The summed E-state index contributed by atoms with van der Waals surface area (Å²) in [6.45, 7) is 7.80. The number of hydrogen-bond donors (Lipinski definition) is 0. The summed E-state index contributed by atoms with van der Waals surface area (Å²) in [4.78, 5) is 15.9. The average molecular weight is 582 g/mol. The molecule has 0 spiro atoms. The van der Waals surface area contributed by atoms with E-state index in [1.54, 1.807) is 4.90 Å². The number of ether oxygens (including phenoxy) is 1. The van der Waals surface area contributed by atoms with Gasteiger partial charge in [0.15, 0.2) is 0 Å². The number of carbonyl (C=O) groups is 1. The van der Waals surface area contributed by atoms with E-state index in [0.29, 0.717) is 39.1 Å². The zero-order valence-electron chi connectivity index (χ0n) is 22.9. The molecule has 1 atom stereocenters. The Kier molecular flexibility index (Phi) is 10.7. The number of nitrogens with zero attached hydrogens (tertiary/aromatic N) is 3. The Morgan fingerprint density at radius 3 is 2.56 bits per heavy atom. The number of unbranched alkanes of at least 4 members (excludes halogenated alkanes) is 2. The minimum absolute atomic E-state index is 0.0314. The molecular formula is C31H36ClN3O2S2. The molecule has 1 aromatic heterocycles. The Hall–Kier alpha value is -2.61. The van der Waals surface area contributed by atoms with Gasteiger partial charge in [-0.25, -0.2) is 4.68 Å². The predicted molar refractivity (Wildman–Crippen MR) is 168 cm³/mol. The van der Waals surface area contributed by atoms with Crippen molar-refractivity contribution in [3.05, 3.63) is 70.2 Å². The molecule has 0 radical (unpaired) electrons. The van der Waals surface area contributed by atoms with Crippen LogP contribution in [-0.2, 0) is 4.79 Å². The van der Waals surface area contributed by atoms with Gasteiger partial charge in [-0.3, -0.25) is 9.69 Å². The van der Waals surface area contributed by atoms with Gasteiger partial charge in [-0.05, 0) is 55.2 Å². The van der Waals surface area contributed by atoms with Crippen LogP contribution in [0.4, 0.5) is 0 Å². The third-order valence-electron chi connectivity index (χ3n) is 6.87. The molecule has 0 bridgehead atoms. The molecule has 1 saturated heterocycles. The minimum Gasteiger partial charge on any atom is -0.492 e. The van der Waals surface area contributed by atoms with Crippen molar-refractivity contribution in [3.8, 4) is 22.7 Å². The van der Waals surface area contributed by atoms with Crippen LogP contribution in [0.1, 0.15) is 64.9 Å². The largest absolute Gasteiger partial charge is 0.492 e. The van der Waals surface area contributed by atoms with Crippen molar-refractivity contribution >= 4 is 51.9 Å². The Morgan fingerprint density at radius 1 is 1.10 bits per heavy atom. The van der Waals surface area contributed by atoms with Crippen molar-refractivity contribution in [2.75, 3.05) is 13.2 Å². The normalized spacial score (nSPS) is 15.4. The van der Waals surface area contributed by atoms with E-state index in [1.807, 2.05) is 65.5 Å². The Labute approximate surface area is 246 Å². The zero-order valence-corrected chi connectivity index (χ0v) is 25.2. The molecule has 3 aromatic rings. The maximum Gasteiger partial charge on any atom is 0.266 e. The zero-order chi connectivity index (χ0) is 27.8. The molecule has 4 rings (SSSR count). The highest BCUT2D eigenvalue weighted by atomic mass is 35.5. The van der Waals surface area contributed by atoms with Crippen molar-refractivity contribution in [1.82, 2.24) is 14.7 Å². The van der Waals surface area contributed by atoms with Crippen molar-refractivity contribution < 1.29 is 9.53 Å². The molecule has 2 aromatic carbocycles. The monoisotopic (exact) mass is 581 g/mol. The fraction of sp³-hybridized carbons (Fsp3) is 0.387. The van der Waals surface area contributed by atoms with Crippen LogP contribution in [-0.4, -0.2) is 38.1 Å². The maximum atomic E-state index is 13.5. The van der Waals surface area contributed by atoms with Gasteiger partial charge in [-0.1, -0.05) is 100 Å². The quantitative estimate of drug-likeness (QED) is 0.115. The van der Waals surface area contributed by atoms with Crippen LogP contribution in [0.15, 0.2) is 59.6 Å². The average Bonchev–Trinajstić information content (AvgIpc) is 3.48. The van der Waals surface area contributed by atoms with Crippen LogP contribution >= 0.6 is 35.6 Å². The van der Waals surface area contributed by atoms with E-state index in [1.165, 1.54) is 11.8 Å². The van der Waals surface area contributed by atoms with Crippen molar-refractivity contribution in [2.24, 2.45) is 5.92 Å². The summed E-state index contributed by atoms with van der Waals surface area (Å²) in [5.41, 5.74) is 3.34. The molecule has 5 nitrogen and oxygen atoms in total. The SMILES string of the molecule is CCCCOc1ccc(-c2nn(-c3ccccc3)cc2/C=C2\SC(=S)N(CC(CC)CCCC)C2=O)cc1Cl. The number of thiocarbonyl (C=S) groups is 1.